The van der Waals surface area contributed by atoms with Gasteiger partial charge in [0.2, 0.25) is 36.1 Å². The van der Waals surface area contributed by atoms with Crippen LogP contribution in [0.3, 0.4) is 0 Å². The Morgan fingerprint density at radius 3 is 1.99 bits per heavy atom. The number of esters is 1. The molecule has 0 bridgehead atoms. The minimum absolute atomic E-state index is 0.0181. The van der Waals surface area contributed by atoms with E-state index in [0.29, 0.717) is 86.1 Å². The summed E-state index contributed by atoms with van der Waals surface area (Å²) >= 11 is 0. The Bertz CT molecular complexity index is 3920. The van der Waals surface area contributed by atoms with Crippen molar-refractivity contribution in [1.29, 1.82) is 0 Å². The van der Waals surface area contributed by atoms with Gasteiger partial charge in [-0.2, -0.15) is 18.2 Å². The predicted octanol–water partition coefficient (Wildman–Crippen LogP) is 11.1. The van der Waals surface area contributed by atoms with Gasteiger partial charge >= 0.3 is 18.1 Å². The minimum Gasteiger partial charge on any atom is -0.497 e. The molecule has 1 saturated heterocycles. The van der Waals surface area contributed by atoms with Gasteiger partial charge in [-0.05, 0) is 125 Å². The van der Waals surface area contributed by atoms with Crippen LogP contribution in [-0.2, 0) is 59.4 Å². The van der Waals surface area contributed by atoms with Gasteiger partial charge in [0.1, 0.15) is 29.7 Å². The summed E-state index contributed by atoms with van der Waals surface area (Å²) in [6, 6.07) is 28.6. The number of hydrogen-bond donors (Lipinski definition) is 5. The molecule has 5 N–H and O–H groups in total. The Balaban J connectivity index is 0.825. The Morgan fingerprint density at radius 2 is 1.38 bits per heavy atom. The maximum atomic E-state index is 14.6. The third kappa shape index (κ3) is 24.7. The number of unbranched alkanes of at least 4 members (excludes halogenated alkanes) is 3. The number of hydrogen-bond acceptors (Lipinski definition) is 20. The van der Waals surface area contributed by atoms with Gasteiger partial charge in [0, 0.05) is 79.7 Å². The second-order valence-corrected chi connectivity index (χ2v) is 29.8. The number of aromatic nitrogens is 4. The van der Waals surface area contributed by atoms with Crippen molar-refractivity contribution in [2.45, 2.75) is 154 Å². The summed E-state index contributed by atoms with van der Waals surface area (Å²) in [5, 5.41) is 10.7. The van der Waals surface area contributed by atoms with Crippen molar-refractivity contribution in [3.05, 3.63) is 159 Å². The fourth-order valence-electron chi connectivity index (χ4n) is 11.7. The van der Waals surface area contributed by atoms with E-state index in [1.807, 2.05) is 83.8 Å². The Kier molecular flexibility index (Phi) is 33.4. The van der Waals surface area contributed by atoms with E-state index in [4.69, 9.17) is 34.6 Å². The third-order valence-electron chi connectivity index (χ3n) is 17.0. The molecule has 6 amide bonds. The predicted molar refractivity (Wildman–Crippen MR) is 401 cm³/mol. The first kappa shape index (κ1) is 84.5. The number of nitrogens with zero attached hydrogens (tertiary/aromatic N) is 7. The van der Waals surface area contributed by atoms with Crippen molar-refractivity contribution in [2.75, 3.05) is 82.4 Å². The number of nitrogens with one attached hydrogen (secondary N) is 5. The van der Waals surface area contributed by atoms with E-state index < -0.39 is 74.0 Å². The van der Waals surface area contributed by atoms with Gasteiger partial charge in [-0.25, -0.2) is 26.0 Å². The van der Waals surface area contributed by atoms with Gasteiger partial charge in [0.05, 0.1) is 58.5 Å². The average molecular weight is 1530 g/mol. The molecule has 1 aliphatic heterocycles. The number of anilines is 2. The number of ether oxygens (including phenoxy) is 4. The Labute approximate surface area is 624 Å². The molecule has 6 aromatic rings. The van der Waals surface area contributed by atoms with Crippen LogP contribution >= 0.6 is 30.1 Å². The number of methoxy groups -OCH3 is 3. The van der Waals surface area contributed by atoms with Crippen LogP contribution in [0.2, 0.25) is 0 Å². The minimum atomic E-state index is -5.36. The zero-order chi connectivity index (χ0) is 76.9. The molecule has 3 heterocycles. The monoisotopic (exact) mass is 1530 g/mol. The van der Waals surface area contributed by atoms with Gasteiger partial charge in [-0.15, -0.1) is 0 Å². The highest BCUT2D eigenvalue weighted by Crippen LogP contribution is 2.49. The maximum absolute atomic E-state index is 14.6. The molecular weight excluding hydrogens is 1430 g/mol. The van der Waals surface area contributed by atoms with Gasteiger partial charge in [-0.1, -0.05) is 103 Å². The number of amides is 6. The van der Waals surface area contributed by atoms with Crippen LogP contribution in [0, 0.1) is 12.5 Å². The fourth-order valence-corrected chi connectivity index (χ4v) is 15.4. The first-order valence-electron chi connectivity index (χ1n) is 35.0. The number of H-pyrrole nitrogens is 1. The number of benzene rings is 4. The molecule has 1 unspecified atom stereocenters. The standard InChI is InChI=1S/C74H94F3N12O14PS2/c1-48(2)67(93)85-72-84-66-65(69(95)86-72)82-55(44-81-66)45-88(71(97)74(75,76)77)56-29-23-51(24-30-56)68(94)83-61(70(96)100-10)35-36-63(91)79-37-17-12-11-16-21-62(90)80-39-42-106-105-41-18-22-64(92)87-46-60(103-104(102-40-38-78-7)89(49(3)4)50(5)6)43-57(87)47-101-73(52-19-14-13-15-20-52,53-25-31-58(98-8)32-26-53)54-27-33-59(99-9)34-28-54/h13-15,19-20,23-34,44,48-50,57,60-61H,11-12,16-18,21-22,35-43,45-47H2,1-6,8-10H3,(H,79,91)(H,80,90)(H,83,94)(H2,81,84,85,86,93,95)/t57-,60+,61+,104?/m0/s1. The van der Waals surface area contributed by atoms with Crippen LogP contribution in [0.25, 0.3) is 16.0 Å². The van der Waals surface area contributed by atoms with Crippen LogP contribution in [0.15, 0.2) is 114 Å². The Hall–Kier alpha value is -8.76. The highest BCUT2D eigenvalue weighted by molar-refractivity contribution is 8.76. The molecule has 2 aromatic heterocycles. The zero-order valence-corrected chi connectivity index (χ0v) is 63.6. The number of alkyl halides is 3. The summed E-state index contributed by atoms with van der Waals surface area (Å²) in [7, 11) is 6.02. The first-order chi connectivity index (χ1) is 50.8. The first-order valence-corrected chi connectivity index (χ1v) is 38.6. The van der Waals surface area contributed by atoms with Gasteiger partial charge in [0.25, 0.3) is 20.0 Å². The summed E-state index contributed by atoms with van der Waals surface area (Å²) < 4.78 is 80.6. The molecule has 4 aromatic carbocycles. The molecule has 0 aliphatic carbocycles. The molecule has 0 radical (unpaired) electrons. The van der Waals surface area contributed by atoms with Crippen LogP contribution in [0.5, 0.6) is 11.5 Å². The van der Waals surface area contributed by atoms with Crippen LogP contribution in [0.4, 0.5) is 24.8 Å². The maximum Gasteiger partial charge on any atom is 0.471 e. The molecule has 26 nitrogen and oxygen atoms in total. The molecule has 4 atom stereocenters. The quantitative estimate of drug-likeness (QED) is 0.00594. The second-order valence-electron chi connectivity index (χ2n) is 25.7. The van der Waals surface area contributed by atoms with Gasteiger partial charge in [0.15, 0.2) is 11.2 Å². The van der Waals surface area contributed by atoms with E-state index in [2.05, 4.69) is 78.4 Å². The molecule has 106 heavy (non-hydrogen) atoms. The van der Waals surface area contributed by atoms with Crippen molar-refractivity contribution in [2.24, 2.45) is 5.92 Å². The van der Waals surface area contributed by atoms with Gasteiger partial charge < -0.3 is 53.7 Å². The lowest BCUT2D eigenvalue weighted by molar-refractivity contribution is -0.170. The summed E-state index contributed by atoms with van der Waals surface area (Å²) in [6.45, 7) is 19.9. The molecule has 1 aliphatic rings. The largest absolute Gasteiger partial charge is 0.497 e. The number of aromatic amines is 1. The number of carbonyl (C=O) groups excluding carboxylic acids is 7. The summed E-state index contributed by atoms with van der Waals surface area (Å²) in [5.74, 6) is -2.83. The van der Waals surface area contributed by atoms with Crippen molar-refractivity contribution in [3.8, 4) is 11.5 Å². The lowest BCUT2D eigenvalue weighted by Crippen LogP contribution is -2.42. The summed E-state index contributed by atoms with van der Waals surface area (Å²) in [6.07, 6.45) is -0.602. The summed E-state index contributed by atoms with van der Waals surface area (Å²) in [5.41, 5.74) is -0.597. The van der Waals surface area contributed by atoms with E-state index in [1.165, 1.54) is 0 Å². The average Bonchev–Trinajstić information content (AvgIpc) is 0.904. The van der Waals surface area contributed by atoms with Crippen molar-refractivity contribution < 1.29 is 74.7 Å². The number of halogens is 3. The van der Waals surface area contributed by atoms with E-state index in [0.717, 1.165) is 67.1 Å². The third-order valence-corrected chi connectivity index (χ3v) is 21.7. The van der Waals surface area contributed by atoms with Crippen molar-refractivity contribution >= 4 is 94.3 Å². The van der Waals surface area contributed by atoms with Crippen LogP contribution < -0.4 is 41.2 Å². The van der Waals surface area contributed by atoms with Crippen molar-refractivity contribution in [1.82, 2.24) is 45.5 Å². The molecule has 1 fully saturated rings. The number of fused-ring (bicyclic) bond motifs is 1. The van der Waals surface area contributed by atoms with Crippen LogP contribution in [0.1, 0.15) is 138 Å². The lowest BCUT2D eigenvalue weighted by atomic mass is 9.80. The van der Waals surface area contributed by atoms with Gasteiger partial charge in [-0.3, -0.25) is 48.8 Å². The highest BCUT2D eigenvalue weighted by atomic mass is 33.1. The highest BCUT2D eigenvalue weighted by Gasteiger charge is 2.45. The molecule has 0 saturated carbocycles. The van der Waals surface area contributed by atoms with Crippen LogP contribution in [-0.4, -0.2) is 180 Å². The van der Waals surface area contributed by atoms with E-state index in [-0.39, 0.29) is 103 Å². The topological polar surface area (TPSA) is 309 Å². The zero-order valence-electron chi connectivity index (χ0n) is 61.0. The molecule has 7 rings (SSSR count). The molecule has 572 valence electrons. The SMILES string of the molecule is [C-]#[N+]CCOP(O[C@@H]1C[C@@H](COC(c2ccccc2)(c2ccc(OC)cc2)c2ccc(OC)cc2)N(C(=O)CCCSSCCNC(=O)CCCCCCNC(=O)CC[C@@H](NC(=O)c2ccc(N(Cc3cnc4nc(NC(=O)C(C)C)[nH]c(=O)c4n3)C(=O)C(F)(F)F)cc2)C(=O)OC)C1)N(C(C)C)C(C)C. The number of carbonyl (C=O) groups is 7. The normalized spacial score (nSPS) is 14.4. The lowest BCUT2D eigenvalue weighted by Gasteiger charge is -2.38. The molecule has 0 spiro atoms. The second kappa shape index (κ2) is 42.0. The fraction of sp³-hybridized carbons (Fsp3) is 0.486. The summed E-state index contributed by atoms with van der Waals surface area (Å²) in [4.78, 5) is 124. The van der Waals surface area contributed by atoms with E-state index in [9.17, 15) is 51.5 Å². The molecule has 32 heteroatoms. The van der Waals surface area contributed by atoms with E-state index >= 15 is 0 Å². The number of rotatable bonds is 42. The molecular formula is C74H94F3N12O14PS2. The van der Waals surface area contributed by atoms with Crippen molar-refractivity contribution in [3.63, 3.8) is 0 Å². The smallest absolute Gasteiger partial charge is 0.471 e. The number of likely N-dealkylation sites (tertiary alicyclic amines) is 1. The van der Waals surface area contributed by atoms with E-state index in [1.54, 1.807) is 49.7 Å². The Morgan fingerprint density at radius 1 is 0.755 bits per heavy atom.